The third-order valence-electron chi connectivity index (χ3n) is 3.82. The summed E-state index contributed by atoms with van der Waals surface area (Å²) in [5.74, 6) is -0.947. The number of aromatic nitrogens is 2. The van der Waals surface area contributed by atoms with Crippen molar-refractivity contribution in [2.24, 2.45) is 7.05 Å². The van der Waals surface area contributed by atoms with Gasteiger partial charge in [0.15, 0.2) is 5.69 Å². The molecule has 3 rings (SSSR count). The van der Waals surface area contributed by atoms with Crippen LogP contribution in [0.2, 0.25) is 0 Å². The molecule has 1 saturated heterocycles. The lowest BCUT2D eigenvalue weighted by Crippen LogP contribution is -2.35. The molecule has 0 unspecified atom stereocenters. The first kappa shape index (κ1) is 14.1. The number of aryl methyl sites for hydroxylation is 1. The van der Waals surface area contributed by atoms with Crippen LogP contribution in [-0.2, 0) is 11.8 Å². The lowest BCUT2D eigenvalue weighted by atomic mass is 10.1. The van der Waals surface area contributed by atoms with E-state index in [9.17, 15) is 9.59 Å². The minimum atomic E-state index is -1.05. The number of hydrazine groups is 1. The zero-order valence-corrected chi connectivity index (χ0v) is 12.4. The lowest BCUT2D eigenvalue weighted by Gasteiger charge is -2.26. The molecule has 1 aromatic heterocycles. The van der Waals surface area contributed by atoms with Crippen LogP contribution in [-0.4, -0.2) is 45.4 Å². The van der Waals surface area contributed by atoms with Gasteiger partial charge in [0.25, 0.3) is 0 Å². The maximum atomic E-state index is 11.6. The summed E-state index contributed by atoms with van der Waals surface area (Å²) in [6, 6.07) is 9.17. The highest BCUT2D eigenvalue weighted by molar-refractivity contribution is 5.87. The quantitative estimate of drug-likeness (QED) is 0.926. The molecule has 2 heterocycles. The van der Waals surface area contributed by atoms with E-state index in [0.717, 1.165) is 16.9 Å². The maximum absolute atomic E-state index is 11.6. The molecule has 1 fully saturated rings. The van der Waals surface area contributed by atoms with Gasteiger partial charge >= 0.3 is 5.97 Å². The van der Waals surface area contributed by atoms with Gasteiger partial charge in [-0.3, -0.25) is 19.5 Å². The summed E-state index contributed by atoms with van der Waals surface area (Å²) >= 11 is 0. The van der Waals surface area contributed by atoms with Crippen molar-refractivity contribution in [1.82, 2.24) is 14.8 Å². The highest BCUT2D eigenvalue weighted by atomic mass is 16.4. The summed E-state index contributed by atoms with van der Waals surface area (Å²) in [5, 5.41) is 16.5. The SMILES string of the molecule is CN1C(=O)CCN1c1ccc(-c2cc(C(=O)O)nn2C)cc1. The van der Waals surface area contributed by atoms with E-state index in [2.05, 4.69) is 5.10 Å². The Morgan fingerprint density at radius 3 is 2.41 bits per heavy atom. The number of hydrogen-bond acceptors (Lipinski definition) is 4. The Balaban J connectivity index is 1.89. The minimum absolute atomic E-state index is 0.0199. The topological polar surface area (TPSA) is 78.7 Å². The second-order valence-corrected chi connectivity index (χ2v) is 5.18. The van der Waals surface area contributed by atoms with E-state index in [4.69, 9.17) is 5.11 Å². The van der Waals surface area contributed by atoms with Crippen LogP contribution < -0.4 is 5.01 Å². The van der Waals surface area contributed by atoms with E-state index in [1.54, 1.807) is 29.9 Å². The van der Waals surface area contributed by atoms with Gasteiger partial charge in [-0.15, -0.1) is 0 Å². The van der Waals surface area contributed by atoms with Crippen molar-refractivity contribution in [2.75, 3.05) is 18.6 Å². The first-order chi connectivity index (χ1) is 10.5. The molecule has 7 nitrogen and oxygen atoms in total. The van der Waals surface area contributed by atoms with E-state index in [1.165, 1.54) is 0 Å². The van der Waals surface area contributed by atoms with Gasteiger partial charge in [-0.25, -0.2) is 4.79 Å². The van der Waals surface area contributed by atoms with E-state index in [1.807, 2.05) is 29.3 Å². The molecule has 0 bridgehead atoms. The molecule has 2 aromatic rings. The Labute approximate surface area is 127 Å². The zero-order chi connectivity index (χ0) is 15.9. The van der Waals surface area contributed by atoms with Crippen LogP contribution in [0, 0.1) is 0 Å². The average molecular weight is 300 g/mol. The van der Waals surface area contributed by atoms with E-state index >= 15 is 0 Å². The molecule has 1 N–H and O–H groups in total. The van der Waals surface area contributed by atoms with Crippen molar-refractivity contribution in [2.45, 2.75) is 6.42 Å². The van der Waals surface area contributed by atoms with Crippen LogP contribution in [0.1, 0.15) is 16.9 Å². The molecular weight excluding hydrogens is 284 g/mol. The largest absolute Gasteiger partial charge is 0.476 e. The predicted molar refractivity (Wildman–Crippen MR) is 80.3 cm³/mol. The number of aromatic carboxylic acids is 1. The van der Waals surface area contributed by atoms with Gasteiger partial charge in [-0.1, -0.05) is 12.1 Å². The number of carboxylic acid groups (broad SMARTS) is 1. The summed E-state index contributed by atoms with van der Waals surface area (Å²) in [6.07, 6.45) is 0.516. The normalized spacial score (nSPS) is 14.7. The van der Waals surface area contributed by atoms with Crippen LogP contribution in [0.15, 0.2) is 30.3 Å². The molecule has 0 atom stereocenters. The standard InChI is InChI=1S/C15H16N4O3/c1-17-13(9-12(16-17)15(21)22)10-3-5-11(6-4-10)19-8-7-14(20)18(19)2/h3-6,9H,7-8H2,1-2H3,(H,21,22). The number of carbonyl (C=O) groups excluding carboxylic acids is 1. The highest BCUT2D eigenvalue weighted by Crippen LogP contribution is 2.26. The van der Waals surface area contributed by atoms with Crippen molar-refractivity contribution in [3.05, 3.63) is 36.0 Å². The number of amides is 1. The number of carbonyl (C=O) groups is 2. The number of anilines is 1. The summed E-state index contributed by atoms with van der Waals surface area (Å²) in [5.41, 5.74) is 2.55. The van der Waals surface area contributed by atoms with Crippen molar-refractivity contribution >= 4 is 17.6 Å². The van der Waals surface area contributed by atoms with E-state index < -0.39 is 5.97 Å². The predicted octanol–water partition coefficient (Wildman–Crippen LogP) is 1.37. The number of carboxylic acids is 1. The lowest BCUT2D eigenvalue weighted by molar-refractivity contribution is -0.126. The molecule has 7 heteroatoms. The third kappa shape index (κ3) is 2.30. The van der Waals surface area contributed by atoms with Crippen LogP contribution in [0.5, 0.6) is 0 Å². The van der Waals surface area contributed by atoms with Crippen molar-refractivity contribution in [3.63, 3.8) is 0 Å². The second-order valence-electron chi connectivity index (χ2n) is 5.18. The summed E-state index contributed by atoms with van der Waals surface area (Å²) in [7, 11) is 3.46. The molecule has 0 aliphatic carbocycles. The highest BCUT2D eigenvalue weighted by Gasteiger charge is 2.25. The maximum Gasteiger partial charge on any atom is 0.356 e. The van der Waals surface area contributed by atoms with Crippen LogP contribution in [0.4, 0.5) is 5.69 Å². The van der Waals surface area contributed by atoms with Crippen molar-refractivity contribution < 1.29 is 14.7 Å². The molecule has 114 valence electrons. The number of hydrogen-bond donors (Lipinski definition) is 1. The Bertz CT molecular complexity index is 736. The summed E-state index contributed by atoms with van der Waals surface area (Å²) in [4.78, 5) is 22.5. The van der Waals surface area contributed by atoms with Gasteiger partial charge < -0.3 is 5.11 Å². The molecule has 0 saturated carbocycles. The first-order valence-electron chi connectivity index (χ1n) is 6.89. The summed E-state index contributed by atoms with van der Waals surface area (Å²) in [6.45, 7) is 0.670. The van der Waals surface area contributed by atoms with Gasteiger partial charge in [0.1, 0.15) is 0 Å². The fourth-order valence-electron chi connectivity index (χ4n) is 2.60. The summed E-state index contributed by atoms with van der Waals surface area (Å²) < 4.78 is 1.55. The van der Waals surface area contributed by atoms with Gasteiger partial charge in [-0.2, -0.15) is 5.10 Å². The van der Waals surface area contributed by atoms with Crippen LogP contribution in [0.3, 0.4) is 0 Å². The third-order valence-corrected chi connectivity index (χ3v) is 3.82. The minimum Gasteiger partial charge on any atom is -0.476 e. The second kappa shape index (κ2) is 5.18. The molecule has 1 aliphatic heterocycles. The number of rotatable bonds is 3. The molecule has 0 radical (unpaired) electrons. The Morgan fingerprint density at radius 2 is 1.91 bits per heavy atom. The van der Waals surface area contributed by atoms with E-state index in [0.29, 0.717) is 13.0 Å². The molecule has 1 aromatic carbocycles. The molecule has 1 aliphatic rings. The van der Waals surface area contributed by atoms with Gasteiger partial charge in [0.05, 0.1) is 11.4 Å². The van der Waals surface area contributed by atoms with E-state index in [-0.39, 0.29) is 11.6 Å². The molecular formula is C15H16N4O3. The number of benzene rings is 1. The molecule has 1 amide bonds. The van der Waals surface area contributed by atoms with Crippen molar-refractivity contribution in [1.29, 1.82) is 0 Å². The van der Waals surface area contributed by atoms with Crippen LogP contribution >= 0.6 is 0 Å². The van der Waals surface area contributed by atoms with Gasteiger partial charge in [0, 0.05) is 27.1 Å². The van der Waals surface area contributed by atoms with Crippen LogP contribution in [0.25, 0.3) is 11.3 Å². The molecule has 0 spiro atoms. The first-order valence-corrected chi connectivity index (χ1v) is 6.89. The van der Waals surface area contributed by atoms with Gasteiger partial charge in [-0.05, 0) is 23.8 Å². The van der Waals surface area contributed by atoms with Gasteiger partial charge in [0.2, 0.25) is 5.91 Å². The fourth-order valence-corrected chi connectivity index (χ4v) is 2.60. The number of nitrogens with zero attached hydrogens (tertiary/aromatic N) is 4. The monoisotopic (exact) mass is 300 g/mol. The Morgan fingerprint density at radius 1 is 1.23 bits per heavy atom. The molecule has 22 heavy (non-hydrogen) atoms. The fraction of sp³-hybridized carbons (Fsp3) is 0.267. The zero-order valence-electron chi connectivity index (χ0n) is 12.4. The Kier molecular flexibility index (Phi) is 3.32. The average Bonchev–Trinajstić information content (AvgIpc) is 3.04. The Hall–Kier alpha value is -2.83. The van der Waals surface area contributed by atoms with Crippen molar-refractivity contribution in [3.8, 4) is 11.3 Å². The smallest absolute Gasteiger partial charge is 0.356 e.